The summed E-state index contributed by atoms with van der Waals surface area (Å²) >= 11 is 0. The third-order valence-electron chi connectivity index (χ3n) is 4.06. The molecule has 0 saturated carbocycles. The van der Waals surface area contributed by atoms with Gasteiger partial charge in [0.1, 0.15) is 0 Å². The van der Waals surface area contributed by atoms with E-state index in [-0.39, 0.29) is 32.4 Å². The molecule has 0 aromatic heterocycles. The lowest BCUT2D eigenvalue weighted by Crippen LogP contribution is -2.59. The Morgan fingerprint density at radius 2 is 1.46 bits per heavy atom. The van der Waals surface area contributed by atoms with Crippen LogP contribution >= 0.6 is 0 Å². The van der Waals surface area contributed by atoms with Crippen LogP contribution in [0.2, 0.25) is 0 Å². The normalized spacial score (nSPS) is 12.5. The minimum atomic E-state index is -2.37. The van der Waals surface area contributed by atoms with Gasteiger partial charge in [0.05, 0.1) is 30.6 Å². The van der Waals surface area contributed by atoms with Crippen LogP contribution < -0.4 is 5.84 Å². The van der Waals surface area contributed by atoms with Gasteiger partial charge in [0, 0.05) is 20.1 Å². The second-order valence-corrected chi connectivity index (χ2v) is 6.88. The SMILES string of the molecule is CC(C)(CCC(=O)O)C(=O)O.CN(N)CC(O)(O)C(CO)(CO)CCO. The fourth-order valence-electron chi connectivity index (χ4n) is 1.92. The number of rotatable bonds is 11. The van der Waals surface area contributed by atoms with Crippen molar-refractivity contribution in [1.29, 1.82) is 0 Å². The van der Waals surface area contributed by atoms with Crippen LogP contribution in [0, 0.1) is 10.8 Å². The van der Waals surface area contributed by atoms with Crippen LogP contribution in [-0.4, -0.2) is 91.9 Å². The van der Waals surface area contributed by atoms with Crippen LogP contribution in [0.4, 0.5) is 0 Å². The van der Waals surface area contributed by atoms with Crippen molar-refractivity contribution in [3.63, 3.8) is 0 Å². The van der Waals surface area contributed by atoms with Gasteiger partial charge in [-0.2, -0.15) is 0 Å². The number of nitrogens with zero attached hydrogens (tertiary/aromatic N) is 1. The lowest BCUT2D eigenvalue weighted by atomic mass is 9.77. The predicted molar refractivity (Wildman–Crippen MR) is 90.6 cm³/mol. The average Bonchev–Trinajstić information content (AvgIpc) is 2.49. The molecule has 0 fully saturated rings. The van der Waals surface area contributed by atoms with Gasteiger partial charge in [-0.3, -0.25) is 15.4 Å². The second-order valence-electron chi connectivity index (χ2n) is 6.88. The molecule has 0 atom stereocenters. The average molecular weight is 384 g/mol. The monoisotopic (exact) mass is 384 g/mol. The van der Waals surface area contributed by atoms with E-state index in [1.165, 1.54) is 20.9 Å². The van der Waals surface area contributed by atoms with E-state index >= 15 is 0 Å². The van der Waals surface area contributed by atoms with Crippen LogP contribution in [0.15, 0.2) is 0 Å². The number of carboxylic acid groups (broad SMARTS) is 2. The summed E-state index contributed by atoms with van der Waals surface area (Å²) in [6, 6.07) is 0. The number of nitrogens with two attached hydrogens (primary N) is 1. The molecule has 0 saturated heterocycles. The molecule has 0 bridgehead atoms. The molecule has 0 heterocycles. The Bertz CT molecular complexity index is 435. The molecule has 0 aromatic rings. The maximum absolute atomic E-state index is 10.4. The Morgan fingerprint density at radius 3 is 1.73 bits per heavy atom. The third kappa shape index (κ3) is 8.85. The molecular formula is C15H32N2O9. The van der Waals surface area contributed by atoms with E-state index < -0.39 is 41.8 Å². The van der Waals surface area contributed by atoms with Crippen LogP contribution in [0.1, 0.15) is 33.1 Å². The smallest absolute Gasteiger partial charge is 0.309 e. The van der Waals surface area contributed by atoms with Gasteiger partial charge in [0.2, 0.25) is 0 Å². The summed E-state index contributed by atoms with van der Waals surface area (Å²) in [5.74, 6) is 0.978. The Hall–Kier alpha value is -1.34. The van der Waals surface area contributed by atoms with Gasteiger partial charge in [-0.25, -0.2) is 5.01 Å². The first-order valence-corrected chi connectivity index (χ1v) is 7.89. The molecule has 0 rings (SSSR count). The molecule has 11 nitrogen and oxygen atoms in total. The van der Waals surface area contributed by atoms with E-state index in [0.29, 0.717) is 0 Å². The highest BCUT2D eigenvalue weighted by molar-refractivity contribution is 5.75. The number of hydrogen-bond acceptors (Lipinski definition) is 9. The van der Waals surface area contributed by atoms with Crippen molar-refractivity contribution in [3.8, 4) is 0 Å². The molecule has 0 aromatic carbocycles. The topological polar surface area (TPSA) is 205 Å². The minimum absolute atomic E-state index is 0.0979. The van der Waals surface area contributed by atoms with Gasteiger partial charge in [0.15, 0.2) is 5.79 Å². The van der Waals surface area contributed by atoms with Crippen molar-refractivity contribution < 1.29 is 45.3 Å². The first-order chi connectivity index (χ1) is 11.7. The zero-order valence-corrected chi connectivity index (χ0v) is 15.4. The number of aliphatic carboxylic acids is 2. The molecule has 0 amide bonds. The number of hydrogen-bond donors (Lipinski definition) is 8. The van der Waals surface area contributed by atoms with Crippen molar-refractivity contribution in [2.24, 2.45) is 16.7 Å². The maximum Gasteiger partial charge on any atom is 0.309 e. The molecule has 9 N–H and O–H groups in total. The number of likely N-dealkylation sites (N-methyl/N-ethyl adjacent to an activating group) is 1. The quantitative estimate of drug-likeness (QED) is 0.109. The largest absolute Gasteiger partial charge is 0.481 e. The van der Waals surface area contributed by atoms with Crippen molar-refractivity contribution in [2.75, 3.05) is 33.4 Å². The van der Waals surface area contributed by atoms with Gasteiger partial charge in [-0.15, -0.1) is 0 Å². The summed E-state index contributed by atoms with van der Waals surface area (Å²) in [4.78, 5) is 20.5. The first kappa shape index (κ1) is 26.9. The van der Waals surface area contributed by atoms with E-state index in [0.717, 1.165) is 5.01 Å². The van der Waals surface area contributed by atoms with Crippen LogP contribution in [0.5, 0.6) is 0 Å². The lowest BCUT2D eigenvalue weighted by Gasteiger charge is -2.42. The molecule has 11 heteroatoms. The first-order valence-electron chi connectivity index (χ1n) is 7.89. The molecular weight excluding hydrogens is 352 g/mol. The number of carboxylic acids is 2. The van der Waals surface area contributed by atoms with E-state index in [1.807, 2.05) is 0 Å². The molecule has 0 aliphatic carbocycles. The zero-order chi connectivity index (χ0) is 21.2. The summed E-state index contributed by atoms with van der Waals surface area (Å²) in [5, 5.41) is 64.3. The van der Waals surface area contributed by atoms with Crippen molar-refractivity contribution in [2.45, 2.75) is 38.9 Å². The Labute approximate surface area is 152 Å². The Morgan fingerprint density at radius 1 is 1.00 bits per heavy atom. The molecule has 0 spiro atoms. The molecule has 156 valence electrons. The number of hydrazine groups is 1. The number of carbonyl (C=O) groups is 2. The summed E-state index contributed by atoms with van der Waals surface area (Å²) in [6.07, 6.45) is -0.0716. The van der Waals surface area contributed by atoms with Gasteiger partial charge in [-0.05, 0) is 26.7 Å². The van der Waals surface area contributed by atoms with Gasteiger partial charge >= 0.3 is 11.9 Å². The molecule has 0 aliphatic heterocycles. The Kier molecular flexibility index (Phi) is 11.8. The summed E-state index contributed by atoms with van der Waals surface area (Å²) in [7, 11) is 1.42. The van der Waals surface area contributed by atoms with E-state index in [2.05, 4.69) is 0 Å². The van der Waals surface area contributed by atoms with Gasteiger partial charge < -0.3 is 35.7 Å². The predicted octanol–water partition coefficient (Wildman–Crippen LogP) is -2.21. The second kappa shape index (κ2) is 11.4. The summed E-state index contributed by atoms with van der Waals surface area (Å²) in [5.41, 5.74) is -2.52. The highest BCUT2D eigenvalue weighted by Crippen LogP contribution is 2.32. The maximum atomic E-state index is 10.4. The summed E-state index contributed by atoms with van der Waals surface area (Å²) < 4.78 is 0. The van der Waals surface area contributed by atoms with Crippen molar-refractivity contribution in [3.05, 3.63) is 0 Å². The highest BCUT2D eigenvalue weighted by atomic mass is 16.5. The fraction of sp³-hybridized carbons (Fsp3) is 0.867. The van der Waals surface area contributed by atoms with E-state index in [1.54, 1.807) is 0 Å². The van der Waals surface area contributed by atoms with Crippen LogP contribution in [0.3, 0.4) is 0 Å². The van der Waals surface area contributed by atoms with Crippen molar-refractivity contribution in [1.82, 2.24) is 5.01 Å². The fourth-order valence-corrected chi connectivity index (χ4v) is 1.92. The van der Waals surface area contributed by atoms with E-state index in [9.17, 15) is 19.8 Å². The van der Waals surface area contributed by atoms with E-state index in [4.69, 9.17) is 31.4 Å². The summed E-state index contributed by atoms with van der Waals surface area (Å²) in [6.45, 7) is 0.971. The highest BCUT2D eigenvalue weighted by Gasteiger charge is 2.48. The third-order valence-corrected chi connectivity index (χ3v) is 4.06. The molecule has 0 unspecified atom stereocenters. The standard InChI is InChI=1S/C8H20N2O5.C7H12O4/c1-10(9)4-8(14,15)7(5-12,6-13)2-3-11;1-7(2,6(10)11)4-3-5(8)9/h11-15H,2-6,9H2,1H3;3-4H2,1-2H3,(H,8,9)(H,10,11). The van der Waals surface area contributed by atoms with Gasteiger partial charge in [-0.1, -0.05) is 0 Å². The molecule has 0 radical (unpaired) electrons. The van der Waals surface area contributed by atoms with Crippen LogP contribution in [0.25, 0.3) is 0 Å². The van der Waals surface area contributed by atoms with Gasteiger partial charge in [0.25, 0.3) is 0 Å². The van der Waals surface area contributed by atoms with Crippen LogP contribution in [-0.2, 0) is 9.59 Å². The van der Waals surface area contributed by atoms with Crippen molar-refractivity contribution >= 4 is 11.9 Å². The lowest BCUT2D eigenvalue weighted by molar-refractivity contribution is -0.273. The number of aliphatic hydroxyl groups excluding tert-OH is 3. The molecule has 26 heavy (non-hydrogen) atoms. The zero-order valence-electron chi connectivity index (χ0n) is 15.4. The number of aliphatic hydroxyl groups is 5. The minimum Gasteiger partial charge on any atom is -0.481 e. The molecule has 0 aliphatic rings. The Balaban J connectivity index is 0.